The highest BCUT2D eigenvalue weighted by Crippen LogP contribution is 2.50. The van der Waals surface area contributed by atoms with E-state index in [0.29, 0.717) is 46.2 Å². The van der Waals surface area contributed by atoms with E-state index in [9.17, 15) is 42.4 Å². The predicted molar refractivity (Wildman–Crippen MR) is 592 cm³/mol. The Labute approximate surface area is 882 Å². The number of allylic oxidation sites excluding steroid dienone is 1. The van der Waals surface area contributed by atoms with Crippen molar-refractivity contribution in [1.29, 1.82) is 0 Å². The number of carbonyl (C=O) groups excluding carboxylic acids is 4. The molecule has 3 N–H and O–H groups in total. The van der Waals surface area contributed by atoms with Gasteiger partial charge in [-0.2, -0.15) is 8.42 Å². The molecule has 12 aliphatic rings. The molecular weight excluding hydrogens is 1900 g/mol. The molecule has 24 heteroatoms. The van der Waals surface area contributed by atoms with E-state index in [4.69, 9.17) is 28.4 Å². The van der Waals surface area contributed by atoms with Crippen molar-refractivity contribution < 1.29 is 70.8 Å². The molecule has 23 nitrogen and oxygen atoms in total. The first kappa shape index (κ1) is 108. The Morgan fingerprint density at radius 3 is 0.960 bits per heavy atom. The minimum Gasteiger partial charge on any atom is -0.497 e. The monoisotopic (exact) mass is 2040 g/mol. The van der Waals surface area contributed by atoms with E-state index in [1.807, 2.05) is 225 Å². The third kappa shape index (κ3) is 25.8. The average molecular weight is 2040 g/mol. The van der Waals surface area contributed by atoms with Crippen LogP contribution in [0.25, 0.3) is 49.7 Å². The van der Waals surface area contributed by atoms with Crippen molar-refractivity contribution in [3.05, 3.63) is 366 Å². The summed E-state index contributed by atoms with van der Waals surface area (Å²) in [6, 6.07) is 87.5. The number of pyridine rings is 4. The number of aliphatic hydroxyl groups is 2. The van der Waals surface area contributed by atoms with E-state index in [2.05, 4.69) is 91.5 Å². The zero-order chi connectivity index (χ0) is 105. The molecule has 8 bridgehead atoms. The Hall–Kier alpha value is -13.3. The molecule has 0 amide bonds. The first-order chi connectivity index (χ1) is 73.2. The lowest BCUT2D eigenvalue weighted by molar-refractivity contribution is -0.0660. The molecule has 26 rings (SSSR count). The van der Waals surface area contributed by atoms with E-state index in [-0.39, 0.29) is 79.3 Å². The zero-order valence-electron chi connectivity index (χ0n) is 87.3. The van der Waals surface area contributed by atoms with Crippen LogP contribution in [0.3, 0.4) is 0 Å². The number of ketones is 2. The van der Waals surface area contributed by atoms with Crippen LogP contribution in [0.15, 0.2) is 310 Å². The number of fused-ring (bicyclic) bond motifs is 16. The maximum atomic E-state index is 13.2. The molecule has 0 radical (unpaired) electrons. The maximum absolute atomic E-state index is 13.2. The second-order valence-corrected chi connectivity index (χ2v) is 42.6. The summed E-state index contributed by atoms with van der Waals surface area (Å²) in [5.41, 5.74) is 11.9. The van der Waals surface area contributed by atoms with Gasteiger partial charge in [0.2, 0.25) is 0 Å². The Balaban J connectivity index is 0.000000124. The number of hydrogen-bond acceptors (Lipinski definition) is 22. The number of nitrogens with zero attached hydrogens (tertiary/aromatic N) is 8. The number of Topliss-reactive ketones (excluding diaryl/α,β-unsaturated/α-hetero) is 1. The van der Waals surface area contributed by atoms with Gasteiger partial charge in [-0.3, -0.25) is 53.7 Å². The number of ether oxygens (including phenoxy) is 6. The molecule has 150 heavy (non-hydrogen) atoms. The van der Waals surface area contributed by atoms with Crippen LogP contribution in [0.2, 0.25) is 0 Å². The quantitative estimate of drug-likeness (QED) is 0.0163. The molecule has 0 aliphatic carbocycles. The van der Waals surface area contributed by atoms with Gasteiger partial charge in [0.1, 0.15) is 40.5 Å². The fraction of sp³-hybridized carbons (Fsp3) is 0.381. The lowest BCUT2D eigenvalue weighted by atomic mass is 9.70. The van der Waals surface area contributed by atoms with Crippen LogP contribution < -0.4 is 18.9 Å². The van der Waals surface area contributed by atoms with E-state index < -0.39 is 15.4 Å². The van der Waals surface area contributed by atoms with E-state index >= 15 is 0 Å². The van der Waals surface area contributed by atoms with Gasteiger partial charge in [-0.05, 0) is 275 Å². The number of aromatic nitrogens is 4. The standard InChI is InChI=1S/2C27H30N2O3.2C21H28N2O2.C15H14O4S.C15H12O/c2*1-3-18-17-29-14-12-20(18)15-25(29)26(32-27(30)19-7-5-4-6-8-19)22-11-13-28-24-10-9-21(31-2)16-23(22)24;2*1-3-14-12-23-9-7-15(14)10-21(23)19(13-24)17-6-8-22-20-5-4-16(25-2)11-18(17)20;16-14(12-7-3-1-4-8-12)11-15(20(17,18)19)13-9-5-2-6-10-13;16-15(14-9-5-2-6-10-14)12-11-13-7-3-1-4-8-13/h2*4-11,13,16,18,20,25-26H,3,12,14-15,17H2,1-2H3;2*4-6,8,11,14-15,19,21,24H,3,7,9-10,12-13H2,1-2H3;1-10,15H,11H2,(H,17,18,19);1-12H/b;;;;;12-11+/t2*18?,20?,25-,26+;2*14?,15?,19-,21+;;/m1010../s1. The highest BCUT2D eigenvalue weighted by molar-refractivity contribution is 7.86. The third-order valence-corrected chi connectivity index (χ3v) is 34.1. The smallest absolute Gasteiger partial charge is 0.338 e. The van der Waals surface area contributed by atoms with Gasteiger partial charge in [0, 0.05) is 125 Å². The van der Waals surface area contributed by atoms with Crippen LogP contribution in [-0.2, 0) is 19.6 Å². The minimum absolute atomic E-state index is 0.0319. The third-order valence-electron chi connectivity index (χ3n) is 33.0. The highest BCUT2D eigenvalue weighted by Gasteiger charge is 2.49. The van der Waals surface area contributed by atoms with Gasteiger partial charge >= 0.3 is 11.9 Å². The van der Waals surface area contributed by atoms with Crippen LogP contribution in [-0.4, -0.2) is 204 Å². The van der Waals surface area contributed by atoms with E-state index in [0.717, 1.165) is 163 Å². The highest BCUT2D eigenvalue weighted by atomic mass is 32.2. The number of rotatable bonds is 30. The van der Waals surface area contributed by atoms with Gasteiger partial charge in [-0.1, -0.05) is 217 Å². The lowest BCUT2D eigenvalue weighted by Gasteiger charge is -2.52. The summed E-state index contributed by atoms with van der Waals surface area (Å²) in [6.45, 7) is 18.6. The molecule has 782 valence electrons. The number of piperidine rings is 12. The molecule has 12 fully saturated rings. The normalized spacial score (nSPS) is 23.6. The van der Waals surface area contributed by atoms with E-state index in [1.165, 1.54) is 102 Å². The number of benzene rings is 10. The Morgan fingerprint density at radius 1 is 0.367 bits per heavy atom. The maximum Gasteiger partial charge on any atom is 0.338 e. The summed E-state index contributed by atoms with van der Waals surface area (Å²) in [4.78, 5) is 78.6. The second kappa shape index (κ2) is 51.5. The summed E-state index contributed by atoms with van der Waals surface area (Å²) < 4.78 is 66.8. The van der Waals surface area contributed by atoms with Gasteiger partial charge in [-0.15, -0.1) is 0 Å². The second-order valence-electron chi connectivity index (χ2n) is 41.0. The first-order valence-corrected chi connectivity index (χ1v) is 55.0. The summed E-state index contributed by atoms with van der Waals surface area (Å²) in [5, 5.41) is 23.5. The largest absolute Gasteiger partial charge is 0.497 e. The van der Waals surface area contributed by atoms with Crippen molar-refractivity contribution >= 4 is 83.3 Å². The van der Waals surface area contributed by atoms with Crippen LogP contribution in [0, 0.1) is 47.3 Å². The Bertz CT molecular complexity index is 6680. The topological polar surface area (TPSA) is 283 Å². The molecular formula is C126H142N8O15S. The van der Waals surface area contributed by atoms with Crippen LogP contribution in [0.1, 0.15) is 215 Å². The summed E-state index contributed by atoms with van der Waals surface area (Å²) in [6.07, 6.45) is 24.4. The molecule has 4 aromatic heterocycles. The SMILES string of the molecule is CCC1CN2CCC1C[C@@H]2[C@@H](CO)c1ccnc2ccc(OC)cc12.CCC1CN2CCC1C[C@@H]2[C@@H](OC(=O)c1ccccc1)c1ccnc2ccc(OC)cc12.CCC1CN2CCC1C[C@H]2[C@H](CO)c1ccnc2ccc(OC)cc12.CCC1CN2CCC1C[C@H]2[C@H](OC(=O)c1ccccc1)c1ccnc2ccc(OC)cc12.O=C(/C=C/c1ccccc1)c1ccccc1.O=C(CC(c1ccccc1)S(=O)(=O)O)c1ccccc1. The minimum atomic E-state index is -4.34. The van der Waals surface area contributed by atoms with Crippen LogP contribution >= 0.6 is 0 Å². The zero-order valence-corrected chi connectivity index (χ0v) is 88.1. The fourth-order valence-corrected chi connectivity index (χ4v) is 25.6. The van der Waals surface area contributed by atoms with Gasteiger partial charge in [0.05, 0.1) is 86.9 Å². The van der Waals surface area contributed by atoms with Gasteiger partial charge in [0.25, 0.3) is 10.1 Å². The first-order valence-electron chi connectivity index (χ1n) is 53.5. The van der Waals surface area contributed by atoms with Gasteiger partial charge < -0.3 is 38.6 Å². The van der Waals surface area contributed by atoms with Crippen molar-refractivity contribution in [2.45, 2.75) is 165 Å². The summed E-state index contributed by atoms with van der Waals surface area (Å²) in [5.74, 6) is 8.81. The molecule has 14 aromatic rings. The fourth-order valence-electron chi connectivity index (χ4n) is 24.7. The number of aliphatic hydroxyl groups excluding tert-OH is 2. The van der Waals surface area contributed by atoms with Crippen molar-refractivity contribution in [2.24, 2.45) is 47.3 Å². The van der Waals surface area contributed by atoms with Gasteiger partial charge in [-0.25, -0.2) is 9.59 Å². The lowest BCUT2D eigenvalue weighted by Crippen LogP contribution is -2.55. The molecule has 10 aromatic carbocycles. The molecule has 16 heterocycles. The summed E-state index contributed by atoms with van der Waals surface area (Å²) >= 11 is 0. The predicted octanol–water partition coefficient (Wildman–Crippen LogP) is 23.9. The Morgan fingerprint density at radius 2 is 0.660 bits per heavy atom. The van der Waals surface area contributed by atoms with Gasteiger partial charge in [0.15, 0.2) is 11.6 Å². The Kier molecular flexibility index (Phi) is 37.1. The molecule has 12 aliphatic heterocycles. The number of hydrogen-bond donors (Lipinski definition) is 3. The van der Waals surface area contributed by atoms with Crippen LogP contribution in [0.5, 0.6) is 23.0 Å². The van der Waals surface area contributed by atoms with Crippen molar-refractivity contribution in [3.63, 3.8) is 0 Å². The number of esters is 2. The van der Waals surface area contributed by atoms with Crippen molar-refractivity contribution in [2.75, 3.05) is 94.0 Å². The number of carbonyl (C=O) groups is 4. The summed E-state index contributed by atoms with van der Waals surface area (Å²) in [7, 11) is 2.38. The molecule has 0 saturated carbocycles. The number of methoxy groups -OCH3 is 4. The molecule has 21 atom stereocenters. The molecule has 0 spiro atoms. The van der Waals surface area contributed by atoms with Crippen molar-refractivity contribution in [3.8, 4) is 23.0 Å². The van der Waals surface area contributed by atoms with E-state index in [1.54, 1.807) is 95.2 Å². The van der Waals surface area contributed by atoms with Crippen molar-refractivity contribution in [1.82, 2.24) is 39.5 Å². The average Bonchev–Trinajstić information content (AvgIpc) is 0.756. The molecule has 13 unspecified atom stereocenters. The van der Waals surface area contributed by atoms with Crippen LogP contribution in [0.4, 0.5) is 0 Å². The molecule has 12 saturated heterocycles.